The number of nitrogens with zero attached hydrogens (tertiary/aromatic N) is 1. The fourth-order valence-corrected chi connectivity index (χ4v) is 2.16. The molecular formula is C16H23N3O5. The third kappa shape index (κ3) is 5.10. The smallest absolute Gasteiger partial charge is 0.309 e. The lowest BCUT2D eigenvalue weighted by Gasteiger charge is -2.13. The Morgan fingerprint density at radius 2 is 1.83 bits per heavy atom. The summed E-state index contributed by atoms with van der Waals surface area (Å²) in [6.45, 7) is 1.42. The molecule has 2 rings (SSSR count). The van der Waals surface area contributed by atoms with Crippen molar-refractivity contribution in [3.05, 3.63) is 23.8 Å². The van der Waals surface area contributed by atoms with Gasteiger partial charge < -0.3 is 30.1 Å². The lowest BCUT2D eigenvalue weighted by molar-refractivity contribution is -0.139. The highest BCUT2D eigenvalue weighted by Crippen LogP contribution is 2.34. The molecule has 0 radical (unpaired) electrons. The number of ether oxygens (including phenoxy) is 2. The lowest BCUT2D eigenvalue weighted by Crippen LogP contribution is -2.42. The van der Waals surface area contributed by atoms with Crippen LogP contribution in [0.15, 0.2) is 18.2 Å². The number of rotatable bonds is 7. The van der Waals surface area contributed by atoms with Crippen molar-refractivity contribution < 1.29 is 24.2 Å². The van der Waals surface area contributed by atoms with Crippen molar-refractivity contribution in [1.29, 1.82) is 0 Å². The normalized spacial score (nSPS) is 13.7. The maximum absolute atomic E-state index is 11.6. The number of aliphatic hydroxyl groups is 1. The van der Waals surface area contributed by atoms with Gasteiger partial charge in [0.2, 0.25) is 6.79 Å². The minimum atomic E-state index is -0.767. The molecule has 0 aliphatic carbocycles. The summed E-state index contributed by atoms with van der Waals surface area (Å²) in [6, 6.07) is 5.19. The molecule has 1 aromatic rings. The monoisotopic (exact) mass is 337 g/mol. The van der Waals surface area contributed by atoms with Crippen molar-refractivity contribution in [2.45, 2.75) is 12.5 Å². The van der Waals surface area contributed by atoms with Gasteiger partial charge in [-0.15, -0.1) is 0 Å². The topological polar surface area (TPSA) is 100 Å². The number of hydrogen-bond acceptors (Lipinski definition) is 6. The summed E-state index contributed by atoms with van der Waals surface area (Å²) in [5, 5.41) is 15.2. The Balaban J connectivity index is 1.71. The first-order chi connectivity index (χ1) is 11.5. The molecule has 0 aromatic heterocycles. The molecule has 8 heteroatoms. The van der Waals surface area contributed by atoms with Crippen LogP contribution in [0, 0.1) is 0 Å². The summed E-state index contributed by atoms with van der Waals surface area (Å²) in [4.78, 5) is 25.1. The molecule has 0 fully saturated rings. The van der Waals surface area contributed by atoms with Gasteiger partial charge in [-0.05, 0) is 38.2 Å². The quantitative estimate of drug-likeness (QED) is 0.587. The van der Waals surface area contributed by atoms with E-state index in [-0.39, 0.29) is 19.8 Å². The van der Waals surface area contributed by atoms with Crippen LogP contribution in [-0.4, -0.2) is 62.3 Å². The summed E-state index contributed by atoms with van der Waals surface area (Å²) in [7, 11) is 3.76. The first-order valence-corrected chi connectivity index (χ1v) is 7.75. The number of carbonyl (C=O) groups is 2. The van der Waals surface area contributed by atoms with Crippen LogP contribution in [0.4, 0.5) is 0 Å². The third-order valence-corrected chi connectivity index (χ3v) is 3.54. The van der Waals surface area contributed by atoms with Crippen molar-refractivity contribution in [1.82, 2.24) is 15.5 Å². The van der Waals surface area contributed by atoms with E-state index in [1.165, 1.54) is 0 Å². The first-order valence-electron chi connectivity index (χ1n) is 7.75. The molecular weight excluding hydrogens is 314 g/mol. The van der Waals surface area contributed by atoms with Crippen LogP contribution in [0.5, 0.6) is 11.5 Å². The van der Waals surface area contributed by atoms with Crippen LogP contribution in [0.25, 0.3) is 0 Å². The van der Waals surface area contributed by atoms with Crippen LogP contribution in [0.3, 0.4) is 0 Å². The lowest BCUT2D eigenvalue weighted by atomic mass is 10.1. The van der Waals surface area contributed by atoms with Crippen molar-refractivity contribution in [2.24, 2.45) is 0 Å². The van der Waals surface area contributed by atoms with Crippen LogP contribution in [0.2, 0.25) is 0 Å². The van der Waals surface area contributed by atoms with E-state index in [4.69, 9.17) is 9.47 Å². The number of aliphatic hydroxyl groups excluding tert-OH is 1. The molecule has 1 atom stereocenters. The first kappa shape index (κ1) is 18.0. The summed E-state index contributed by atoms with van der Waals surface area (Å²) >= 11 is 0. The Bertz CT molecular complexity index is 591. The van der Waals surface area contributed by atoms with Gasteiger partial charge in [-0.2, -0.15) is 0 Å². The van der Waals surface area contributed by atoms with E-state index >= 15 is 0 Å². The number of hydrogen-bond donors (Lipinski definition) is 3. The van der Waals surface area contributed by atoms with E-state index in [9.17, 15) is 14.7 Å². The molecule has 1 aliphatic heterocycles. The molecule has 1 aromatic carbocycles. The zero-order valence-corrected chi connectivity index (χ0v) is 13.9. The highest BCUT2D eigenvalue weighted by Gasteiger charge is 2.17. The predicted octanol–water partition coefficient (Wildman–Crippen LogP) is -0.367. The number of fused-ring (bicyclic) bond motifs is 1. The average molecular weight is 337 g/mol. The summed E-state index contributed by atoms with van der Waals surface area (Å²) < 4.78 is 10.5. The van der Waals surface area contributed by atoms with E-state index in [0.717, 1.165) is 0 Å². The van der Waals surface area contributed by atoms with Crippen LogP contribution in [-0.2, 0) is 9.59 Å². The van der Waals surface area contributed by atoms with E-state index < -0.39 is 17.9 Å². The summed E-state index contributed by atoms with van der Waals surface area (Å²) in [6.07, 6.45) is -0.479. The molecule has 132 valence electrons. The van der Waals surface area contributed by atoms with E-state index in [1.54, 1.807) is 18.2 Å². The second-order valence-electron chi connectivity index (χ2n) is 5.73. The molecule has 1 unspecified atom stereocenters. The van der Waals surface area contributed by atoms with E-state index in [1.807, 2.05) is 19.0 Å². The highest BCUT2D eigenvalue weighted by atomic mass is 16.7. The van der Waals surface area contributed by atoms with Gasteiger partial charge in [-0.3, -0.25) is 9.59 Å². The highest BCUT2D eigenvalue weighted by molar-refractivity contribution is 6.35. The van der Waals surface area contributed by atoms with E-state index in [2.05, 4.69) is 10.6 Å². The number of nitrogens with one attached hydrogen (secondary N) is 2. The minimum Gasteiger partial charge on any atom is -0.454 e. The molecule has 8 nitrogen and oxygen atoms in total. The van der Waals surface area contributed by atoms with Crippen LogP contribution >= 0.6 is 0 Å². The maximum atomic E-state index is 11.6. The zero-order chi connectivity index (χ0) is 17.5. The van der Waals surface area contributed by atoms with Gasteiger partial charge in [-0.1, -0.05) is 6.07 Å². The average Bonchev–Trinajstić information content (AvgIpc) is 3.01. The Morgan fingerprint density at radius 3 is 2.54 bits per heavy atom. The summed E-state index contributed by atoms with van der Waals surface area (Å²) in [5.41, 5.74) is 0.670. The van der Waals surface area contributed by atoms with Gasteiger partial charge in [0.1, 0.15) is 0 Å². The summed E-state index contributed by atoms with van der Waals surface area (Å²) in [5.74, 6) is -0.134. The molecule has 2 amide bonds. The van der Waals surface area contributed by atoms with Gasteiger partial charge in [0, 0.05) is 19.6 Å². The maximum Gasteiger partial charge on any atom is 0.309 e. The van der Waals surface area contributed by atoms with Gasteiger partial charge >= 0.3 is 11.8 Å². The third-order valence-electron chi connectivity index (χ3n) is 3.54. The van der Waals surface area contributed by atoms with Gasteiger partial charge in [-0.25, -0.2) is 0 Å². The Kier molecular flexibility index (Phi) is 6.39. The van der Waals surface area contributed by atoms with Crippen LogP contribution in [0.1, 0.15) is 18.1 Å². The molecule has 0 saturated heterocycles. The Hall–Kier alpha value is -2.32. The molecule has 1 aliphatic rings. The van der Waals surface area contributed by atoms with Gasteiger partial charge in [0.25, 0.3) is 0 Å². The fraction of sp³-hybridized carbons (Fsp3) is 0.500. The molecule has 0 saturated carbocycles. The number of likely N-dealkylation sites (N-methyl/N-ethyl adjacent to an activating group) is 1. The van der Waals surface area contributed by atoms with Crippen molar-refractivity contribution >= 4 is 11.8 Å². The number of carbonyl (C=O) groups excluding carboxylic acids is 2. The minimum absolute atomic E-state index is 0.174. The van der Waals surface area contributed by atoms with Crippen LogP contribution < -0.4 is 20.1 Å². The molecule has 3 N–H and O–H groups in total. The SMILES string of the molecule is CN(C)CCNC(=O)C(=O)NCCC(O)c1ccc2c(c1)OCO2. The molecule has 0 spiro atoms. The van der Waals surface area contributed by atoms with Gasteiger partial charge in [0.15, 0.2) is 11.5 Å². The predicted molar refractivity (Wildman–Crippen MR) is 86.7 cm³/mol. The fourth-order valence-electron chi connectivity index (χ4n) is 2.16. The van der Waals surface area contributed by atoms with Crippen molar-refractivity contribution in [3.63, 3.8) is 0 Å². The van der Waals surface area contributed by atoms with E-state index in [0.29, 0.717) is 30.2 Å². The largest absolute Gasteiger partial charge is 0.454 e. The molecule has 24 heavy (non-hydrogen) atoms. The molecule has 1 heterocycles. The number of benzene rings is 1. The Morgan fingerprint density at radius 1 is 1.17 bits per heavy atom. The van der Waals surface area contributed by atoms with Crippen molar-refractivity contribution in [3.8, 4) is 11.5 Å². The molecule has 0 bridgehead atoms. The van der Waals surface area contributed by atoms with Crippen molar-refractivity contribution in [2.75, 3.05) is 40.5 Å². The number of amides is 2. The second-order valence-corrected chi connectivity index (χ2v) is 5.73. The second kappa shape index (κ2) is 8.51. The van der Waals surface area contributed by atoms with Gasteiger partial charge in [0.05, 0.1) is 6.10 Å². The Labute approximate surface area is 140 Å². The standard InChI is InChI=1S/C16H23N3O5/c1-19(2)8-7-18-16(22)15(21)17-6-5-12(20)11-3-4-13-14(9-11)24-10-23-13/h3-4,9,12,20H,5-8,10H2,1-2H3,(H,17,21)(H,18,22). The zero-order valence-electron chi connectivity index (χ0n) is 13.9.